The zero-order valence-electron chi connectivity index (χ0n) is 14.5. The second-order valence-electron chi connectivity index (χ2n) is 6.74. The highest BCUT2D eigenvalue weighted by Gasteiger charge is 2.21. The lowest BCUT2D eigenvalue weighted by molar-refractivity contribution is 0.0954. The maximum atomic E-state index is 12.4. The minimum absolute atomic E-state index is 0.0618. The van der Waals surface area contributed by atoms with E-state index in [1.807, 2.05) is 19.1 Å². The van der Waals surface area contributed by atoms with Gasteiger partial charge in [-0.15, -0.1) is 11.3 Å². The van der Waals surface area contributed by atoms with Crippen LogP contribution in [0.15, 0.2) is 12.1 Å². The molecule has 1 fully saturated rings. The molecule has 5 nitrogen and oxygen atoms in total. The molecule has 6 heteroatoms. The van der Waals surface area contributed by atoms with Crippen LogP contribution in [0.2, 0.25) is 0 Å². The van der Waals surface area contributed by atoms with E-state index in [-0.39, 0.29) is 12.0 Å². The van der Waals surface area contributed by atoms with E-state index in [2.05, 4.69) is 15.3 Å². The molecule has 1 aliphatic carbocycles. The summed E-state index contributed by atoms with van der Waals surface area (Å²) in [5.41, 5.74) is 3.53. The van der Waals surface area contributed by atoms with Crippen molar-refractivity contribution in [2.24, 2.45) is 0 Å². The van der Waals surface area contributed by atoms with Crippen molar-refractivity contribution in [2.45, 2.75) is 58.1 Å². The molecule has 1 amide bonds. The molecule has 0 bridgehead atoms. The van der Waals surface area contributed by atoms with Crippen molar-refractivity contribution in [3.8, 4) is 0 Å². The van der Waals surface area contributed by atoms with Gasteiger partial charge in [-0.3, -0.25) is 4.79 Å². The smallest absolute Gasteiger partial charge is 0.261 e. The Balaban J connectivity index is 1.41. The SMILES string of the molecule is Cc1nc(CNC(=O)c2ccc([C@@H]3CCCO3)s2)nc2c1CCCC2. The van der Waals surface area contributed by atoms with Crippen LogP contribution >= 0.6 is 11.3 Å². The summed E-state index contributed by atoms with van der Waals surface area (Å²) in [6.45, 7) is 3.24. The van der Waals surface area contributed by atoms with Gasteiger partial charge >= 0.3 is 0 Å². The van der Waals surface area contributed by atoms with Crippen LogP contribution in [0.5, 0.6) is 0 Å². The van der Waals surface area contributed by atoms with E-state index in [0.29, 0.717) is 12.4 Å². The Bertz CT molecular complexity index is 781. The van der Waals surface area contributed by atoms with Crippen molar-refractivity contribution in [1.82, 2.24) is 15.3 Å². The van der Waals surface area contributed by atoms with Crippen LogP contribution < -0.4 is 5.32 Å². The predicted molar refractivity (Wildman–Crippen MR) is 96.8 cm³/mol. The van der Waals surface area contributed by atoms with Gasteiger partial charge < -0.3 is 10.1 Å². The van der Waals surface area contributed by atoms with E-state index in [1.165, 1.54) is 35.4 Å². The van der Waals surface area contributed by atoms with Gasteiger partial charge in [0, 0.05) is 22.9 Å². The largest absolute Gasteiger partial charge is 0.373 e. The molecule has 2 aromatic rings. The fraction of sp³-hybridized carbons (Fsp3) is 0.526. The van der Waals surface area contributed by atoms with Crippen LogP contribution in [0.1, 0.15) is 69.1 Å². The number of aromatic nitrogens is 2. The predicted octanol–water partition coefficient (Wildman–Crippen LogP) is 3.51. The van der Waals surface area contributed by atoms with Crippen LogP contribution in [0.3, 0.4) is 0 Å². The fourth-order valence-corrected chi connectivity index (χ4v) is 4.63. The Morgan fingerprint density at radius 2 is 2.16 bits per heavy atom. The average Bonchev–Trinajstić information content (AvgIpc) is 3.31. The molecule has 1 atom stereocenters. The topological polar surface area (TPSA) is 64.1 Å². The summed E-state index contributed by atoms with van der Waals surface area (Å²) >= 11 is 1.52. The lowest BCUT2D eigenvalue weighted by atomic mass is 9.95. The maximum absolute atomic E-state index is 12.4. The number of nitrogens with zero attached hydrogens (tertiary/aromatic N) is 2. The summed E-state index contributed by atoms with van der Waals surface area (Å²) in [4.78, 5) is 23.5. The Labute approximate surface area is 151 Å². The normalized spacial score (nSPS) is 19.6. The molecule has 1 saturated heterocycles. The fourth-order valence-electron chi connectivity index (χ4n) is 3.62. The van der Waals surface area contributed by atoms with Gasteiger partial charge in [-0.1, -0.05) is 0 Å². The number of hydrogen-bond acceptors (Lipinski definition) is 5. The minimum atomic E-state index is -0.0618. The molecular formula is C19H23N3O2S. The minimum Gasteiger partial charge on any atom is -0.373 e. The first kappa shape index (κ1) is 16.7. The number of rotatable bonds is 4. The summed E-state index contributed by atoms with van der Waals surface area (Å²) in [5, 5.41) is 2.96. The number of nitrogens with one attached hydrogen (secondary N) is 1. The van der Waals surface area contributed by atoms with Crippen LogP contribution in [-0.4, -0.2) is 22.5 Å². The molecule has 2 aliphatic rings. The number of amides is 1. The van der Waals surface area contributed by atoms with Gasteiger partial charge in [-0.2, -0.15) is 0 Å². The molecule has 1 aliphatic heterocycles. The molecule has 0 unspecified atom stereocenters. The van der Waals surface area contributed by atoms with Gasteiger partial charge in [0.2, 0.25) is 0 Å². The molecule has 132 valence electrons. The second-order valence-corrected chi connectivity index (χ2v) is 7.86. The third-order valence-electron chi connectivity index (χ3n) is 4.94. The summed E-state index contributed by atoms with van der Waals surface area (Å²) in [5.74, 6) is 0.649. The number of aryl methyl sites for hydroxylation is 2. The Hall–Kier alpha value is -1.79. The molecule has 0 spiro atoms. The van der Waals surface area contributed by atoms with Gasteiger partial charge in [0.25, 0.3) is 5.91 Å². The van der Waals surface area contributed by atoms with Crippen molar-refractivity contribution in [3.05, 3.63) is 44.7 Å². The summed E-state index contributed by atoms with van der Waals surface area (Å²) in [6, 6.07) is 3.89. The molecule has 3 heterocycles. The number of hydrogen-bond donors (Lipinski definition) is 1. The van der Waals surface area contributed by atoms with Crippen LogP contribution in [0.25, 0.3) is 0 Å². The van der Waals surface area contributed by atoms with E-state index in [1.54, 1.807) is 0 Å². The van der Waals surface area contributed by atoms with E-state index in [0.717, 1.165) is 47.7 Å². The zero-order valence-corrected chi connectivity index (χ0v) is 15.3. The first-order chi connectivity index (χ1) is 12.2. The number of fused-ring (bicyclic) bond motifs is 1. The van der Waals surface area contributed by atoms with Gasteiger partial charge in [0.1, 0.15) is 5.82 Å². The van der Waals surface area contributed by atoms with Crippen molar-refractivity contribution >= 4 is 17.2 Å². The number of carbonyl (C=O) groups is 1. The summed E-state index contributed by atoms with van der Waals surface area (Å²) in [7, 11) is 0. The third kappa shape index (κ3) is 3.60. The highest BCUT2D eigenvalue weighted by atomic mass is 32.1. The first-order valence-electron chi connectivity index (χ1n) is 9.05. The van der Waals surface area contributed by atoms with Crippen LogP contribution in [0.4, 0.5) is 0 Å². The quantitative estimate of drug-likeness (QED) is 0.909. The Kier molecular flexibility index (Phi) is 4.81. The Morgan fingerprint density at radius 1 is 1.28 bits per heavy atom. The van der Waals surface area contributed by atoms with Gasteiger partial charge in [-0.25, -0.2) is 9.97 Å². The first-order valence-corrected chi connectivity index (χ1v) is 9.87. The number of thiophene rings is 1. The van der Waals surface area contributed by atoms with E-state index in [9.17, 15) is 4.79 Å². The average molecular weight is 357 g/mol. The molecule has 0 aromatic carbocycles. The molecular weight excluding hydrogens is 334 g/mol. The van der Waals surface area contributed by atoms with Crippen molar-refractivity contribution in [3.63, 3.8) is 0 Å². The second kappa shape index (κ2) is 7.22. The van der Waals surface area contributed by atoms with Crippen molar-refractivity contribution < 1.29 is 9.53 Å². The standard InChI is InChI=1S/C19H23N3O2S/c1-12-13-5-2-3-6-14(13)22-18(21-12)11-20-19(23)17-9-8-16(25-17)15-7-4-10-24-15/h8-9,15H,2-7,10-11H2,1H3,(H,20,23)/t15-/m0/s1. The molecule has 25 heavy (non-hydrogen) atoms. The lowest BCUT2D eigenvalue weighted by Crippen LogP contribution is -2.24. The maximum Gasteiger partial charge on any atom is 0.261 e. The van der Waals surface area contributed by atoms with Gasteiger partial charge in [0.15, 0.2) is 0 Å². The van der Waals surface area contributed by atoms with Gasteiger partial charge in [0.05, 0.1) is 17.5 Å². The number of carbonyl (C=O) groups excluding carboxylic acids is 1. The summed E-state index contributed by atoms with van der Waals surface area (Å²) in [6.07, 6.45) is 6.82. The third-order valence-corrected chi connectivity index (χ3v) is 6.12. The molecule has 2 aromatic heterocycles. The van der Waals surface area contributed by atoms with E-state index < -0.39 is 0 Å². The highest BCUT2D eigenvalue weighted by molar-refractivity contribution is 7.14. The van der Waals surface area contributed by atoms with E-state index in [4.69, 9.17) is 4.74 Å². The van der Waals surface area contributed by atoms with Crippen molar-refractivity contribution in [1.29, 1.82) is 0 Å². The summed E-state index contributed by atoms with van der Waals surface area (Å²) < 4.78 is 5.69. The number of ether oxygens (including phenoxy) is 1. The van der Waals surface area contributed by atoms with Crippen LogP contribution in [0, 0.1) is 6.92 Å². The molecule has 0 radical (unpaired) electrons. The van der Waals surface area contributed by atoms with Gasteiger partial charge in [-0.05, 0) is 63.1 Å². The van der Waals surface area contributed by atoms with E-state index >= 15 is 0 Å². The highest BCUT2D eigenvalue weighted by Crippen LogP contribution is 2.33. The molecule has 4 rings (SSSR count). The van der Waals surface area contributed by atoms with Crippen molar-refractivity contribution in [2.75, 3.05) is 6.61 Å². The lowest BCUT2D eigenvalue weighted by Gasteiger charge is -2.17. The molecule has 1 N–H and O–H groups in total. The molecule has 0 saturated carbocycles. The monoisotopic (exact) mass is 357 g/mol. The van der Waals surface area contributed by atoms with Crippen LogP contribution in [-0.2, 0) is 24.1 Å². The Morgan fingerprint density at radius 3 is 3.00 bits per heavy atom. The zero-order chi connectivity index (χ0) is 17.2.